The van der Waals surface area contributed by atoms with Crippen molar-refractivity contribution in [2.45, 2.75) is 5.60 Å². The minimum atomic E-state index is -1.50. The van der Waals surface area contributed by atoms with Crippen molar-refractivity contribution in [1.29, 1.82) is 0 Å². The molecule has 2 aliphatic rings. The average molecular weight is 453 g/mol. The van der Waals surface area contributed by atoms with Gasteiger partial charge in [0.05, 0.1) is 16.7 Å². The van der Waals surface area contributed by atoms with E-state index in [1.807, 2.05) is 37.2 Å². The fourth-order valence-electron chi connectivity index (χ4n) is 5.00. The largest absolute Gasteiger partial charge is 0.508 e. The van der Waals surface area contributed by atoms with E-state index in [1.165, 1.54) is 18.2 Å². The SMILES string of the molecule is CN(C)c1ccc2c(c1)Oc1c(c(C(=O)O)cc3cc(O)ccc13)C21OC(=O)c2ccccc21. The van der Waals surface area contributed by atoms with Gasteiger partial charge >= 0.3 is 11.9 Å². The molecule has 2 N–H and O–H groups in total. The maximum Gasteiger partial charge on any atom is 0.340 e. The van der Waals surface area contributed by atoms with Crippen LogP contribution < -0.4 is 9.64 Å². The molecule has 0 bridgehead atoms. The van der Waals surface area contributed by atoms with Gasteiger partial charge in [0.25, 0.3) is 0 Å². The van der Waals surface area contributed by atoms with E-state index in [9.17, 15) is 19.8 Å². The lowest BCUT2D eigenvalue weighted by Gasteiger charge is -2.38. The summed E-state index contributed by atoms with van der Waals surface area (Å²) in [6.07, 6.45) is 0. The topological polar surface area (TPSA) is 96.3 Å². The zero-order chi connectivity index (χ0) is 23.8. The van der Waals surface area contributed by atoms with Gasteiger partial charge in [0, 0.05) is 42.4 Å². The molecule has 0 amide bonds. The first kappa shape index (κ1) is 20.1. The molecule has 0 saturated heterocycles. The van der Waals surface area contributed by atoms with Crippen molar-refractivity contribution < 1.29 is 29.3 Å². The number of anilines is 1. The first-order valence-electron chi connectivity index (χ1n) is 10.7. The van der Waals surface area contributed by atoms with Crippen LogP contribution in [0.3, 0.4) is 0 Å². The van der Waals surface area contributed by atoms with Gasteiger partial charge in [0.2, 0.25) is 0 Å². The maximum absolute atomic E-state index is 13.1. The van der Waals surface area contributed by atoms with Crippen LogP contribution in [0.1, 0.15) is 37.4 Å². The Hall–Kier alpha value is -4.52. The van der Waals surface area contributed by atoms with Crippen molar-refractivity contribution in [3.8, 4) is 17.2 Å². The molecule has 2 heterocycles. The second-order valence-corrected chi connectivity index (χ2v) is 8.63. The summed E-state index contributed by atoms with van der Waals surface area (Å²) in [6, 6.07) is 18.7. The van der Waals surface area contributed by atoms with E-state index in [0.29, 0.717) is 33.2 Å². The highest BCUT2D eigenvalue weighted by atomic mass is 16.6. The standard InChI is InChI=1S/C27H19NO6/c1-28(2)15-7-10-21-22(13-15)33-24-17-9-8-16(29)11-14(17)12-19(25(30)31)23(24)27(21)20-6-4-3-5-18(20)26(32)34-27/h3-13,29H,1-2H3,(H,30,31). The Kier molecular flexibility index (Phi) is 3.99. The summed E-state index contributed by atoms with van der Waals surface area (Å²) in [5.41, 5.74) is 1.03. The van der Waals surface area contributed by atoms with Crippen LogP contribution in [0.15, 0.2) is 66.7 Å². The molecule has 34 heavy (non-hydrogen) atoms. The molecule has 4 aromatic rings. The lowest BCUT2D eigenvalue weighted by molar-refractivity contribution is 0.0217. The van der Waals surface area contributed by atoms with E-state index in [2.05, 4.69) is 0 Å². The summed E-state index contributed by atoms with van der Waals surface area (Å²) in [4.78, 5) is 27.5. The van der Waals surface area contributed by atoms with Crippen molar-refractivity contribution in [3.05, 3.63) is 94.5 Å². The molecule has 0 saturated carbocycles. The molecular formula is C27H19NO6. The van der Waals surface area contributed by atoms with Crippen molar-refractivity contribution in [1.82, 2.24) is 0 Å². The summed E-state index contributed by atoms with van der Waals surface area (Å²) >= 11 is 0. The summed E-state index contributed by atoms with van der Waals surface area (Å²) in [5, 5.41) is 21.3. The molecule has 1 atom stereocenters. The zero-order valence-corrected chi connectivity index (χ0v) is 18.3. The highest BCUT2D eigenvalue weighted by molar-refractivity contribution is 6.04. The number of carboxylic acid groups (broad SMARTS) is 1. The predicted molar refractivity (Wildman–Crippen MR) is 125 cm³/mol. The Balaban J connectivity index is 1.81. The number of aromatic carboxylic acids is 1. The number of carbonyl (C=O) groups excluding carboxylic acids is 1. The quantitative estimate of drug-likeness (QED) is 0.418. The van der Waals surface area contributed by atoms with E-state index in [4.69, 9.17) is 9.47 Å². The lowest BCUT2D eigenvalue weighted by Crippen LogP contribution is -2.35. The Morgan fingerprint density at radius 2 is 1.76 bits per heavy atom. The number of fused-ring (bicyclic) bond motifs is 8. The summed E-state index contributed by atoms with van der Waals surface area (Å²) in [7, 11) is 3.81. The minimum absolute atomic E-state index is 0.00208. The molecule has 6 rings (SSSR count). The van der Waals surface area contributed by atoms with Crippen LogP contribution in [0.2, 0.25) is 0 Å². The number of carbonyl (C=O) groups is 2. The number of esters is 1. The third kappa shape index (κ3) is 2.52. The highest BCUT2D eigenvalue weighted by Gasteiger charge is 2.55. The predicted octanol–water partition coefficient (Wildman–Crippen LogP) is 4.88. The smallest absolute Gasteiger partial charge is 0.340 e. The van der Waals surface area contributed by atoms with Gasteiger partial charge in [0.15, 0.2) is 5.60 Å². The van der Waals surface area contributed by atoms with Gasteiger partial charge < -0.3 is 24.6 Å². The van der Waals surface area contributed by atoms with Crippen molar-refractivity contribution in [2.75, 3.05) is 19.0 Å². The van der Waals surface area contributed by atoms with Gasteiger partial charge in [-0.15, -0.1) is 0 Å². The molecule has 0 aliphatic carbocycles. The summed E-state index contributed by atoms with van der Waals surface area (Å²) in [5.74, 6) is -0.989. The van der Waals surface area contributed by atoms with E-state index in [-0.39, 0.29) is 22.6 Å². The van der Waals surface area contributed by atoms with Crippen molar-refractivity contribution in [2.24, 2.45) is 0 Å². The van der Waals surface area contributed by atoms with Crippen molar-refractivity contribution >= 4 is 28.4 Å². The Labute approximate surface area is 194 Å². The second-order valence-electron chi connectivity index (χ2n) is 8.63. The van der Waals surface area contributed by atoms with E-state index < -0.39 is 17.5 Å². The molecule has 4 aromatic carbocycles. The third-order valence-electron chi connectivity index (χ3n) is 6.50. The molecule has 168 valence electrons. The van der Waals surface area contributed by atoms with Crippen molar-refractivity contribution in [3.63, 3.8) is 0 Å². The number of ether oxygens (including phenoxy) is 2. The number of hydrogen-bond donors (Lipinski definition) is 2. The highest BCUT2D eigenvalue weighted by Crippen LogP contribution is 2.59. The Bertz CT molecular complexity index is 1560. The Morgan fingerprint density at radius 3 is 2.53 bits per heavy atom. The first-order chi connectivity index (χ1) is 16.3. The van der Waals surface area contributed by atoms with Gasteiger partial charge in [0.1, 0.15) is 17.2 Å². The normalized spacial score (nSPS) is 17.5. The molecule has 7 heteroatoms. The lowest BCUT2D eigenvalue weighted by atomic mass is 9.75. The third-order valence-corrected chi connectivity index (χ3v) is 6.50. The van der Waals surface area contributed by atoms with Gasteiger partial charge in [-0.2, -0.15) is 0 Å². The number of hydrogen-bond acceptors (Lipinski definition) is 6. The number of phenolic OH excluding ortho intramolecular Hbond substituents is 1. The molecule has 0 aromatic heterocycles. The van der Waals surface area contributed by atoms with Crippen LogP contribution >= 0.6 is 0 Å². The number of benzene rings is 4. The molecule has 2 aliphatic heterocycles. The molecule has 0 fully saturated rings. The molecule has 7 nitrogen and oxygen atoms in total. The van der Waals surface area contributed by atoms with E-state index >= 15 is 0 Å². The number of nitrogens with zero attached hydrogens (tertiary/aromatic N) is 1. The van der Waals surface area contributed by atoms with Gasteiger partial charge in [-0.25, -0.2) is 9.59 Å². The average Bonchev–Trinajstić information content (AvgIpc) is 3.11. The van der Waals surface area contributed by atoms with Gasteiger partial charge in [-0.1, -0.05) is 18.2 Å². The van der Waals surface area contributed by atoms with Crippen LogP contribution in [0.4, 0.5) is 5.69 Å². The number of rotatable bonds is 2. The van der Waals surface area contributed by atoms with Crippen LogP contribution in [0.25, 0.3) is 10.8 Å². The minimum Gasteiger partial charge on any atom is -0.508 e. The molecular weight excluding hydrogens is 434 g/mol. The fraction of sp³-hybridized carbons (Fsp3) is 0.111. The first-order valence-corrected chi connectivity index (χ1v) is 10.7. The number of carboxylic acids is 1. The number of phenols is 1. The van der Waals surface area contributed by atoms with Crippen LogP contribution in [-0.2, 0) is 10.3 Å². The molecule has 0 radical (unpaired) electrons. The van der Waals surface area contributed by atoms with Crippen LogP contribution in [0, 0.1) is 0 Å². The van der Waals surface area contributed by atoms with Gasteiger partial charge in [-0.3, -0.25) is 0 Å². The number of aromatic hydroxyl groups is 1. The Morgan fingerprint density at radius 1 is 0.971 bits per heavy atom. The fourth-order valence-corrected chi connectivity index (χ4v) is 5.00. The van der Waals surface area contributed by atoms with E-state index in [0.717, 1.165) is 5.69 Å². The zero-order valence-electron chi connectivity index (χ0n) is 18.3. The van der Waals surface area contributed by atoms with E-state index in [1.54, 1.807) is 30.3 Å². The van der Waals surface area contributed by atoms with Crippen LogP contribution in [0.5, 0.6) is 17.2 Å². The molecule has 1 unspecified atom stereocenters. The summed E-state index contributed by atoms with van der Waals surface area (Å²) < 4.78 is 12.5. The summed E-state index contributed by atoms with van der Waals surface area (Å²) in [6.45, 7) is 0. The second kappa shape index (κ2) is 6.74. The maximum atomic E-state index is 13.1. The monoisotopic (exact) mass is 453 g/mol. The molecule has 1 spiro atoms. The van der Waals surface area contributed by atoms with Crippen LogP contribution in [-0.4, -0.2) is 36.2 Å². The van der Waals surface area contributed by atoms with Gasteiger partial charge in [-0.05, 0) is 47.9 Å².